The smallest absolute Gasteiger partial charge is 0.0366 e. The van der Waals surface area contributed by atoms with E-state index in [9.17, 15) is 0 Å². The summed E-state index contributed by atoms with van der Waals surface area (Å²) in [5, 5.41) is 2.09. The molecule has 17 heavy (non-hydrogen) atoms. The first-order chi connectivity index (χ1) is 8.45. The molecule has 0 fully saturated rings. The van der Waals surface area contributed by atoms with Gasteiger partial charge in [0.25, 0.3) is 0 Å². The maximum atomic E-state index is 4.19. The zero-order chi connectivity index (χ0) is 11.8. The van der Waals surface area contributed by atoms with Crippen molar-refractivity contribution in [2.24, 2.45) is 4.99 Å². The fraction of sp³-hybridized carbons (Fsp3) is 0.286. The molecule has 0 N–H and O–H groups in total. The number of allylic oxidation sites excluding steroid dienone is 2. The normalized spacial score (nSPS) is 14.5. The number of rotatable bonds is 5. The van der Waals surface area contributed by atoms with Gasteiger partial charge in [-0.25, -0.2) is 0 Å². The molecule has 88 valence electrons. The highest BCUT2D eigenvalue weighted by Crippen LogP contribution is 2.24. The van der Waals surface area contributed by atoms with Crippen molar-refractivity contribution in [2.75, 3.05) is 0 Å². The SMILES string of the molecule is C1=CSC(CCCCc2ccncc2)=CN=C1. The van der Waals surface area contributed by atoms with Crippen LogP contribution >= 0.6 is 11.8 Å². The monoisotopic (exact) mass is 244 g/mol. The molecule has 3 heteroatoms. The summed E-state index contributed by atoms with van der Waals surface area (Å²) in [5.41, 5.74) is 1.38. The van der Waals surface area contributed by atoms with Gasteiger partial charge in [-0.05, 0) is 54.9 Å². The minimum absolute atomic E-state index is 1.12. The second-order valence-corrected chi connectivity index (χ2v) is 4.93. The summed E-state index contributed by atoms with van der Waals surface area (Å²) < 4.78 is 0. The zero-order valence-electron chi connectivity index (χ0n) is 9.75. The van der Waals surface area contributed by atoms with E-state index in [1.54, 1.807) is 11.8 Å². The third-order valence-corrected chi connectivity index (χ3v) is 3.48. The second-order valence-electron chi connectivity index (χ2n) is 3.90. The average molecular weight is 244 g/mol. The lowest BCUT2D eigenvalue weighted by Crippen LogP contribution is -1.86. The van der Waals surface area contributed by atoms with Crippen LogP contribution in [0.4, 0.5) is 0 Å². The number of hydrogen-bond donors (Lipinski definition) is 0. The summed E-state index contributed by atoms with van der Waals surface area (Å²) in [6.07, 6.45) is 14.2. The summed E-state index contributed by atoms with van der Waals surface area (Å²) >= 11 is 1.78. The predicted octanol–water partition coefficient (Wildman–Crippen LogP) is 3.97. The van der Waals surface area contributed by atoms with Gasteiger partial charge < -0.3 is 0 Å². The van der Waals surface area contributed by atoms with Crippen LogP contribution in [0.2, 0.25) is 0 Å². The maximum Gasteiger partial charge on any atom is 0.0366 e. The van der Waals surface area contributed by atoms with Crippen molar-refractivity contribution in [3.63, 3.8) is 0 Å². The molecule has 0 atom stereocenters. The van der Waals surface area contributed by atoms with Gasteiger partial charge in [0.2, 0.25) is 0 Å². The zero-order valence-corrected chi connectivity index (χ0v) is 10.6. The van der Waals surface area contributed by atoms with Crippen LogP contribution in [0.25, 0.3) is 0 Å². The Bertz CT molecular complexity index is 421. The largest absolute Gasteiger partial charge is 0.265 e. The lowest BCUT2D eigenvalue weighted by molar-refractivity contribution is 0.742. The van der Waals surface area contributed by atoms with Gasteiger partial charge >= 0.3 is 0 Å². The molecule has 0 bridgehead atoms. The Morgan fingerprint density at radius 1 is 1.06 bits per heavy atom. The Morgan fingerprint density at radius 2 is 1.88 bits per heavy atom. The number of thioether (sulfide) groups is 1. The summed E-state index contributed by atoms with van der Waals surface area (Å²) in [4.78, 5) is 9.56. The molecule has 1 aromatic rings. The van der Waals surface area contributed by atoms with Crippen LogP contribution in [-0.4, -0.2) is 11.2 Å². The van der Waals surface area contributed by atoms with E-state index in [4.69, 9.17) is 0 Å². The molecule has 0 saturated carbocycles. The molecule has 0 amide bonds. The highest BCUT2D eigenvalue weighted by atomic mass is 32.2. The van der Waals surface area contributed by atoms with E-state index >= 15 is 0 Å². The van der Waals surface area contributed by atoms with Crippen molar-refractivity contribution in [1.82, 2.24) is 4.98 Å². The van der Waals surface area contributed by atoms with Crippen LogP contribution in [0, 0.1) is 0 Å². The lowest BCUT2D eigenvalue weighted by atomic mass is 10.1. The van der Waals surface area contributed by atoms with Crippen LogP contribution in [0.3, 0.4) is 0 Å². The van der Waals surface area contributed by atoms with E-state index in [0.29, 0.717) is 0 Å². The number of aromatic nitrogens is 1. The molecular weight excluding hydrogens is 228 g/mol. The first-order valence-electron chi connectivity index (χ1n) is 5.88. The Labute approximate surface area is 107 Å². The van der Waals surface area contributed by atoms with Gasteiger partial charge in [-0.2, -0.15) is 0 Å². The van der Waals surface area contributed by atoms with E-state index in [-0.39, 0.29) is 0 Å². The number of unbranched alkanes of at least 4 members (excludes halogenated alkanes) is 1. The molecule has 2 heterocycles. The third-order valence-electron chi connectivity index (χ3n) is 2.58. The van der Waals surface area contributed by atoms with Crippen LogP contribution in [0.15, 0.2) is 52.1 Å². The lowest BCUT2D eigenvalue weighted by Gasteiger charge is -2.03. The van der Waals surface area contributed by atoms with Gasteiger partial charge in [0.15, 0.2) is 0 Å². The van der Waals surface area contributed by atoms with Crippen LogP contribution < -0.4 is 0 Å². The summed E-state index contributed by atoms with van der Waals surface area (Å²) in [6.45, 7) is 0. The number of aliphatic imine (C=N–C) groups is 1. The molecule has 0 radical (unpaired) electrons. The van der Waals surface area contributed by atoms with Gasteiger partial charge in [-0.3, -0.25) is 9.98 Å². The highest BCUT2D eigenvalue weighted by Gasteiger charge is 1.99. The van der Waals surface area contributed by atoms with E-state index in [1.165, 1.54) is 23.3 Å². The van der Waals surface area contributed by atoms with Crippen molar-refractivity contribution < 1.29 is 0 Å². The van der Waals surface area contributed by atoms with Crippen molar-refractivity contribution in [3.8, 4) is 0 Å². The molecule has 1 aromatic heterocycles. The Hall–Kier alpha value is -1.35. The van der Waals surface area contributed by atoms with Crippen LogP contribution in [0.5, 0.6) is 0 Å². The first kappa shape index (κ1) is 12.1. The van der Waals surface area contributed by atoms with Gasteiger partial charge in [-0.15, -0.1) is 11.8 Å². The first-order valence-corrected chi connectivity index (χ1v) is 6.76. The molecule has 1 aliphatic heterocycles. The molecule has 2 nitrogen and oxygen atoms in total. The second kappa shape index (κ2) is 7.07. The predicted molar refractivity (Wildman–Crippen MR) is 75.1 cm³/mol. The minimum Gasteiger partial charge on any atom is -0.265 e. The Kier molecular flexibility index (Phi) is 5.04. The van der Waals surface area contributed by atoms with Crippen molar-refractivity contribution in [1.29, 1.82) is 0 Å². The van der Waals surface area contributed by atoms with E-state index in [0.717, 1.165) is 12.8 Å². The summed E-state index contributed by atoms with van der Waals surface area (Å²) in [6, 6.07) is 4.18. The van der Waals surface area contributed by atoms with Crippen molar-refractivity contribution >= 4 is 18.0 Å². The van der Waals surface area contributed by atoms with Gasteiger partial charge in [-0.1, -0.05) is 0 Å². The number of hydrogen-bond acceptors (Lipinski definition) is 3. The van der Waals surface area contributed by atoms with E-state index < -0.39 is 0 Å². The molecule has 0 spiro atoms. The Balaban J connectivity index is 1.68. The molecular formula is C14H16N2S. The third kappa shape index (κ3) is 4.57. The average Bonchev–Trinajstić information content (AvgIpc) is 2.65. The Morgan fingerprint density at radius 3 is 2.76 bits per heavy atom. The standard InChI is InChI=1S/C14H16N2S/c1(4-13-6-9-15-10-7-13)2-5-14-12-16-8-3-11-17-14/h3,6-12H,1-2,4-5H2. The van der Waals surface area contributed by atoms with E-state index in [2.05, 4.69) is 27.5 Å². The van der Waals surface area contributed by atoms with Gasteiger partial charge in [0, 0.05) is 29.7 Å². The summed E-state index contributed by atoms with van der Waals surface area (Å²) in [7, 11) is 0. The van der Waals surface area contributed by atoms with Gasteiger partial charge in [0.05, 0.1) is 0 Å². The van der Waals surface area contributed by atoms with Crippen molar-refractivity contribution in [2.45, 2.75) is 25.7 Å². The quantitative estimate of drug-likeness (QED) is 0.732. The highest BCUT2D eigenvalue weighted by molar-refractivity contribution is 8.05. The number of pyridine rings is 1. The molecule has 0 saturated heterocycles. The molecule has 0 aromatic carbocycles. The molecule has 1 aliphatic rings. The molecule has 0 unspecified atom stereocenters. The molecule has 0 aliphatic carbocycles. The van der Waals surface area contributed by atoms with Gasteiger partial charge in [0.1, 0.15) is 0 Å². The minimum atomic E-state index is 1.12. The number of nitrogens with zero attached hydrogens (tertiary/aromatic N) is 2. The van der Waals surface area contributed by atoms with E-state index in [1.807, 2.05) is 30.9 Å². The fourth-order valence-corrected chi connectivity index (χ4v) is 2.38. The molecule has 2 rings (SSSR count). The maximum absolute atomic E-state index is 4.19. The van der Waals surface area contributed by atoms with Crippen molar-refractivity contribution in [3.05, 3.63) is 52.7 Å². The number of aryl methyl sites for hydroxylation is 1. The van der Waals surface area contributed by atoms with Crippen LogP contribution in [0.1, 0.15) is 24.8 Å². The van der Waals surface area contributed by atoms with Crippen LogP contribution in [-0.2, 0) is 6.42 Å². The fourth-order valence-electron chi connectivity index (χ4n) is 1.67. The topological polar surface area (TPSA) is 25.2 Å². The summed E-state index contributed by atoms with van der Waals surface area (Å²) in [5.74, 6) is 0.